The second kappa shape index (κ2) is 10.7. The highest BCUT2D eigenvalue weighted by Crippen LogP contribution is 2.38. The first-order valence-corrected chi connectivity index (χ1v) is 12.9. The van der Waals surface area contributed by atoms with Gasteiger partial charge in [0.1, 0.15) is 30.3 Å². The number of carboxylic acid groups (broad SMARTS) is 1. The van der Waals surface area contributed by atoms with Crippen LogP contribution in [0.15, 0.2) is 77.3 Å². The number of rotatable bonds is 9. The average molecular weight is 528 g/mol. The van der Waals surface area contributed by atoms with E-state index >= 15 is 0 Å². The lowest BCUT2D eigenvalue weighted by atomic mass is 10.00. The first-order valence-electron chi connectivity index (χ1n) is 12.9. The number of carbonyl (C=O) groups excluding carboxylic acids is 1. The van der Waals surface area contributed by atoms with Crippen molar-refractivity contribution in [3.8, 4) is 22.6 Å². The molecule has 0 bridgehead atoms. The molecule has 200 valence electrons. The molecule has 0 saturated carbocycles. The number of aliphatic carboxylic acids is 1. The van der Waals surface area contributed by atoms with Crippen LogP contribution >= 0.6 is 0 Å². The lowest BCUT2D eigenvalue weighted by Crippen LogP contribution is -2.48. The van der Waals surface area contributed by atoms with Gasteiger partial charge in [-0.1, -0.05) is 53.7 Å². The van der Waals surface area contributed by atoms with E-state index in [1.165, 1.54) is 0 Å². The molecule has 39 heavy (non-hydrogen) atoms. The molecule has 5 rings (SSSR count). The number of amides is 1. The fourth-order valence-corrected chi connectivity index (χ4v) is 5.20. The van der Waals surface area contributed by atoms with Gasteiger partial charge in [0, 0.05) is 5.56 Å². The summed E-state index contributed by atoms with van der Waals surface area (Å²) in [5.41, 5.74) is 5.02. The van der Waals surface area contributed by atoms with Crippen LogP contribution in [0.25, 0.3) is 11.1 Å². The lowest BCUT2D eigenvalue weighted by molar-refractivity contribution is -0.856. The normalized spacial score (nSPS) is 18.6. The first-order chi connectivity index (χ1) is 18.8. The minimum Gasteiger partial charge on any atom is -0.481 e. The maximum atomic E-state index is 13.4. The number of ether oxygens (including phenoxy) is 2. The van der Waals surface area contributed by atoms with Crippen LogP contribution in [0.4, 0.5) is 4.79 Å². The van der Waals surface area contributed by atoms with Crippen LogP contribution in [0, 0.1) is 13.8 Å². The Morgan fingerprint density at radius 2 is 1.87 bits per heavy atom. The second-order valence-electron chi connectivity index (χ2n) is 9.93. The Hall–Kier alpha value is -4.43. The zero-order valence-corrected chi connectivity index (χ0v) is 22.2. The molecule has 4 aromatic rings. The number of carbonyl (C=O) groups is 2. The Kier molecular flexibility index (Phi) is 7.21. The molecular weight excluding hydrogens is 496 g/mol. The van der Waals surface area contributed by atoms with E-state index in [9.17, 15) is 14.7 Å². The van der Waals surface area contributed by atoms with Crippen LogP contribution in [0.3, 0.4) is 0 Å². The molecule has 1 amide bonds. The van der Waals surface area contributed by atoms with Gasteiger partial charge in [-0.15, -0.1) is 0 Å². The molecule has 3 aromatic carbocycles. The maximum absolute atomic E-state index is 13.4. The smallest absolute Gasteiger partial charge is 0.481 e. The van der Waals surface area contributed by atoms with Gasteiger partial charge in [0.15, 0.2) is 6.10 Å². The molecule has 1 aromatic heterocycles. The summed E-state index contributed by atoms with van der Waals surface area (Å²) in [6.45, 7) is 7.17. The van der Waals surface area contributed by atoms with Crippen LogP contribution in [0.2, 0.25) is 0 Å². The molecule has 2 atom stereocenters. The summed E-state index contributed by atoms with van der Waals surface area (Å²) < 4.78 is 17.7. The van der Waals surface area contributed by atoms with Gasteiger partial charge < -0.3 is 19.1 Å². The number of quaternary nitrogens is 1. The van der Waals surface area contributed by atoms with Crippen molar-refractivity contribution in [2.45, 2.75) is 39.8 Å². The largest absolute Gasteiger partial charge is 0.517 e. The van der Waals surface area contributed by atoms with Gasteiger partial charge in [-0.25, -0.2) is 4.48 Å². The molecule has 1 aliphatic heterocycles. The summed E-state index contributed by atoms with van der Waals surface area (Å²) in [6, 6.07) is 22.7. The topological polar surface area (TPSA) is 98.9 Å². The zero-order valence-electron chi connectivity index (χ0n) is 22.2. The summed E-state index contributed by atoms with van der Waals surface area (Å²) in [5, 5.41) is 13.3. The highest BCUT2D eigenvalue weighted by atomic mass is 16.6. The van der Waals surface area contributed by atoms with Crippen LogP contribution in [0.1, 0.15) is 41.2 Å². The third-order valence-electron chi connectivity index (χ3n) is 7.26. The zero-order chi connectivity index (χ0) is 27.6. The van der Waals surface area contributed by atoms with E-state index in [0.717, 1.165) is 27.9 Å². The number of carboxylic acids is 1. The molecule has 2 heterocycles. The maximum Gasteiger partial charge on any atom is 0.517 e. The summed E-state index contributed by atoms with van der Waals surface area (Å²) in [6.07, 6.45) is -0.706. The molecule has 1 unspecified atom stereocenters. The number of likely N-dealkylation sites (N-methyl/N-ethyl adjacent to an activating group) is 1. The number of aryl methyl sites for hydroxylation is 2. The van der Waals surface area contributed by atoms with Crippen molar-refractivity contribution in [2.24, 2.45) is 0 Å². The number of aromatic nitrogens is 1. The quantitative estimate of drug-likeness (QED) is 0.245. The van der Waals surface area contributed by atoms with Crippen LogP contribution in [-0.2, 0) is 22.5 Å². The fraction of sp³-hybridized carbons (Fsp3) is 0.258. The van der Waals surface area contributed by atoms with E-state index in [4.69, 9.17) is 14.0 Å². The summed E-state index contributed by atoms with van der Waals surface area (Å²) >= 11 is 0. The van der Waals surface area contributed by atoms with Gasteiger partial charge in [0.25, 0.3) is 0 Å². The van der Waals surface area contributed by atoms with Gasteiger partial charge in [0.05, 0.1) is 24.2 Å². The van der Waals surface area contributed by atoms with Gasteiger partial charge >= 0.3 is 12.1 Å². The third kappa shape index (κ3) is 5.42. The van der Waals surface area contributed by atoms with E-state index in [0.29, 0.717) is 42.5 Å². The summed E-state index contributed by atoms with van der Waals surface area (Å²) in [4.78, 5) is 24.6. The number of hydrogen-bond donors (Lipinski definition) is 1. The van der Waals surface area contributed by atoms with Crippen molar-refractivity contribution in [3.05, 3.63) is 101 Å². The molecule has 1 fully saturated rings. The number of benzene rings is 3. The predicted octanol–water partition coefficient (Wildman–Crippen LogP) is 6.61. The van der Waals surface area contributed by atoms with E-state index in [1.54, 1.807) is 24.3 Å². The van der Waals surface area contributed by atoms with Crippen molar-refractivity contribution in [1.29, 1.82) is 0 Å². The Morgan fingerprint density at radius 1 is 1.08 bits per heavy atom. The molecule has 8 heteroatoms. The number of nitrogens with zero attached hydrogens (tertiary/aromatic N) is 2. The molecular formula is C31H31N2O6+. The average Bonchev–Trinajstić information content (AvgIpc) is 3.43. The highest BCUT2D eigenvalue weighted by molar-refractivity contribution is 5.71. The summed E-state index contributed by atoms with van der Waals surface area (Å²) in [5.74, 6) is 0.901. The molecule has 0 spiro atoms. The van der Waals surface area contributed by atoms with Gasteiger partial charge in [-0.2, -0.15) is 4.79 Å². The van der Waals surface area contributed by atoms with Crippen molar-refractivity contribution >= 4 is 12.1 Å². The Bertz CT molecular complexity index is 1490. The van der Waals surface area contributed by atoms with E-state index in [2.05, 4.69) is 5.16 Å². The van der Waals surface area contributed by atoms with Gasteiger partial charge in [-0.05, 0) is 61.7 Å². The van der Waals surface area contributed by atoms with E-state index in [1.807, 2.05) is 69.3 Å². The monoisotopic (exact) mass is 527 g/mol. The van der Waals surface area contributed by atoms with Gasteiger partial charge in [-0.3, -0.25) is 4.79 Å². The van der Waals surface area contributed by atoms with E-state index < -0.39 is 5.97 Å². The molecule has 8 nitrogen and oxygen atoms in total. The standard InChI is InChI=1S/C31H30N2O6/c1-4-33(19-28(38-31(33)36)23-10-6-5-7-11-23)18-25-17-24(30-20(2)32-39-21(30)3)13-14-27(25)37-26-12-8-9-22(15-26)16-29(34)35/h5-15,17,28H,4,16,18-19H2,1-3H3/p+1/t28-,33?/m0/s1. The molecule has 1 saturated heterocycles. The lowest BCUT2D eigenvalue weighted by Gasteiger charge is -2.28. The van der Waals surface area contributed by atoms with Crippen LogP contribution < -0.4 is 4.74 Å². The number of hydrogen-bond acceptors (Lipinski definition) is 6. The Morgan fingerprint density at radius 3 is 2.56 bits per heavy atom. The van der Waals surface area contributed by atoms with Crippen molar-refractivity contribution in [1.82, 2.24) is 5.16 Å². The van der Waals surface area contributed by atoms with Crippen molar-refractivity contribution in [2.75, 3.05) is 13.1 Å². The predicted molar refractivity (Wildman–Crippen MR) is 144 cm³/mol. The van der Waals surface area contributed by atoms with Crippen LogP contribution in [-0.4, -0.2) is 39.9 Å². The first kappa shape index (κ1) is 26.2. The van der Waals surface area contributed by atoms with Gasteiger partial charge in [0.2, 0.25) is 0 Å². The van der Waals surface area contributed by atoms with Crippen molar-refractivity contribution < 1.29 is 33.2 Å². The minimum absolute atomic E-state index is 0.0996. The summed E-state index contributed by atoms with van der Waals surface area (Å²) in [7, 11) is 0. The third-order valence-corrected chi connectivity index (χ3v) is 7.26. The van der Waals surface area contributed by atoms with E-state index in [-0.39, 0.29) is 23.1 Å². The highest BCUT2D eigenvalue weighted by Gasteiger charge is 2.49. The molecule has 0 aliphatic carbocycles. The molecule has 0 radical (unpaired) electrons. The Labute approximate surface area is 227 Å². The second-order valence-corrected chi connectivity index (χ2v) is 9.93. The SMILES string of the molecule is CC[N+]1(Cc2cc(-c3c(C)noc3C)ccc2Oc2cccc(CC(=O)O)c2)C[C@@H](c2ccccc2)OC1=O. The molecule has 1 aliphatic rings. The fourth-order valence-electron chi connectivity index (χ4n) is 5.20. The number of cyclic esters (lactones) is 1. The molecule has 1 N–H and O–H groups in total. The van der Waals surface area contributed by atoms with Crippen LogP contribution in [0.5, 0.6) is 11.5 Å². The van der Waals surface area contributed by atoms with Crippen molar-refractivity contribution in [3.63, 3.8) is 0 Å². The Balaban J connectivity index is 1.53. The minimum atomic E-state index is -0.911.